The van der Waals surface area contributed by atoms with Crippen molar-refractivity contribution in [1.29, 1.82) is 0 Å². The predicted octanol–water partition coefficient (Wildman–Crippen LogP) is 1.26. The van der Waals surface area contributed by atoms with Crippen LogP contribution in [0, 0.1) is 0 Å². The van der Waals surface area contributed by atoms with Gasteiger partial charge in [0.2, 0.25) is 5.91 Å². The molecule has 6 heteroatoms. The van der Waals surface area contributed by atoms with Gasteiger partial charge in [-0.15, -0.1) is 0 Å². The van der Waals surface area contributed by atoms with E-state index < -0.39 is 12.0 Å². The van der Waals surface area contributed by atoms with Gasteiger partial charge in [0.15, 0.2) is 4.67 Å². The number of hydrogen-bond acceptors (Lipinski definition) is 4. The third kappa shape index (κ3) is 3.69. The number of ether oxygens (including phenoxy) is 1. The van der Waals surface area contributed by atoms with Crippen molar-refractivity contribution in [1.82, 2.24) is 5.32 Å². The summed E-state index contributed by atoms with van der Waals surface area (Å²) in [6.07, 6.45) is 0.262. The second kappa shape index (κ2) is 5.69. The van der Waals surface area contributed by atoms with Crippen molar-refractivity contribution in [3.63, 3.8) is 0 Å². The lowest BCUT2D eigenvalue weighted by atomic mass is 10.1. The molecular weight excluding hydrogens is 278 g/mol. The zero-order valence-electron chi connectivity index (χ0n) is 8.95. The summed E-state index contributed by atoms with van der Waals surface area (Å²) < 4.78 is 10.4. The largest absolute Gasteiger partial charge is 0.467 e. The van der Waals surface area contributed by atoms with E-state index in [0.717, 1.165) is 0 Å². The molecule has 0 saturated heterocycles. The Morgan fingerprint density at radius 3 is 2.69 bits per heavy atom. The molecule has 0 aliphatic carbocycles. The van der Waals surface area contributed by atoms with Gasteiger partial charge in [0, 0.05) is 13.3 Å². The van der Waals surface area contributed by atoms with Crippen LogP contribution in [0.3, 0.4) is 0 Å². The Balaban J connectivity index is 2.70. The topological polar surface area (TPSA) is 68.5 Å². The van der Waals surface area contributed by atoms with E-state index in [9.17, 15) is 9.59 Å². The Morgan fingerprint density at radius 2 is 2.25 bits per heavy atom. The lowest BCUT2D eigenvalue weighted by Crippen LogP contribution is -2.41. The molecule has 1 aromatic rings. The first kappa shape index (κ1) is 12.8. The number of carbonyl (C=O) groups excluding carboxylic acids is 2. The van der Waals surface area contributed by atoms with E-state index in [4.69, 9.17) is 4.42 Å². The maximum Gasteiger partial charge on any atom is 0.328 e. The van der Waals surface area contributed by atoms with E-state index in [-0.39, 0.29) is 12.3 Å². The average molecular weight is 290 g/mol. The number of halogens is 1. The van der Waals surface area contributed by atoms with E-state index in [0.29, 0.717) is 10.4 Å². The summed E-state index contributed by atoms with van der Waals surface area (Å²) in [5.74, 6) is -0.195. The van der Waals surface area contributed by atoms with Crippen LogP contribution < -0.4 is 5.32 Å². The number of hydrogen-bond donors (Lipinski definition) is 1. The number of rotatable bonds is 4. The highest BCUT2D eigenvalue weighted by Crippen LogP contribution is 2.15. The minimum atomic E-state index is -0.722. The molecule has 1 rings (SSSR count). The Kier molecular flexibility index (Phi) is 4.54. The van der Waals surface area contributed by atoms with Gasteiger partial charge >= 0.3 is 5.97 Å². The van der Waals surface area contributed by atoms with Crippen molar-refractivity contribution in [2.24, 2.45) is 0 Å². The molecule has 5 nitrogen and oxygen atoms in total. The molecule has 88 valence electrons. The van der Waals surface area contributed by atoms with Crippen LogP contribution in [0.25, 0.3) is 0 Å². The highest BCUT2D eigenvalue weighted by atomic mass is 79.9. The molecule has 1 aromatic heterocycles. The zero-order chi connectivity index (χ0) is 12.1. The van der Waals surface area contributed by atoms with Gasteiger partial charge in [-0.05, 0) is 28.1 Å². The molecule has 1 heterocycles. The normalized spacial score (nSPS) is 11.9. The van der Waals surface area contributed by atoms with Gasteiger partial charge in [-0.3, -0.25) is 4.79 Å². The minimum Gasteiger partial charge on any atom is -0.467 e. The van der Waals surface area contributed by atoms with Gasteiger partial charge in [-0.25, -0.2) is 4.79 Å². The SMILES string of the molecule is COC(=O)[C@@H](Cc1ccc(Br)o1)NC(C)=O. The minimum absolute atomic E-state index is 0.262. The Bertz CT molecular complexity index is 388. The lowest BCUT2D eigenvalue weighted by Gasteiger charge is -2.13. The molecule has 0 aromatic carbocycles. The summed E-state index contributed by atoms with van der Waals surface area (Å²) in [6.45, 7) is 1.34. The molecule has 0 fully saturated rings. The highest BCUT2D eigenvalue weighted by Gasteiger charge is 2.21. The summed E-state index contributed by atoms with van der Waals surface area (Å²) in [6, 6.07) is 2.72. The summed E-state index contributed by atoms with van der Waals surface area (Å²) in [5, 5.41) is 2.50. The summed E-state index contributed by atoms with van der Waals surface area (Å²) in [4.78, 5) is 22.3. The van der Waals surface area contributed by atoms with E-state index in [1.165, 1.54) is 14.0 Å². The van der Waals surface area contributed by atoms with Crippen LogP contribution in [0.1, 0.15) is 12.7 Å². The number of carbonyl (C=O) groups is 2. The summed E-state index contributed by atoms with van der Waals surface area (Å²) in [7, 11) is 1.27. The highest BCUT2D eigenvalue weighted by molar-refractivity contribution is 9.10. The van der Waals surface area contributed by atoms with Gasteiger partial charge in [0.25, 0.3) is 0 Å². The molecule has 1 atom stereocenters. The predicted molar refractivity (Wildman–Crippen MR) is 59.7 cm³/mol. The molecular formula is C10H12BrNO4. The van der Waals surface area contributed by atoms with Gasteiger partial charge < -0.3 is 14.5 Å². The fourth-order valence-corrected chi connectivity index (χ4v) is 1.58. The fraction of sp³-hybridized carbons (Fsp3) is 0.400. The third-order valence-electron chi connectivity index (χ3n) is 1.90. The van der Waals surface area contributed by atoms with Crippen LogP contribution in [0.2, 0.25) is 0 Å². The quantitative estimate of drug-likeness (QED) is 0.848. The van der Waals surface area contributed by atoms with Gasteiger partial charge in [-0.2, -0.15) is 0 Å². The number of nitrogens with one attached hydrogen (secondary N) is 1. The van der Waals surface area contributed by atoms with Crippen molar-refractivity contribution >= 4 is 27.8 Å². The van der Waals surface area contributed by atoms with Crippen molar-refractivity contribution in [3.8, 4) is 0 Å². The second-order valence-corrected chi connectivity index (χ2v) is 3.97. The van der Waals surface area contributed by atoms with Crippen molar-refractivity contribution in [2.75, 3.05) is 7.11 Å². The van der Waals surface area contributed by atoms with E-state index in [2.05, 4.69) is 26.0 Å². The monoisotopic (exact) mass is 289 g/mol. The number of methoxy groups -OCH3 is 1. The van der Waals surface area contributed by atoms with Crippen molar-refractivity contribution in [2.45, 2.75) is 19.4 Å². The lowest BCUT2D eigenvalue weighted by molar-refractivity contribution is -0.144. The maximum absolute atomic E-state index is 11.4. The van der Waals surface area contributed by atoms with Crippen LogP contribution in [0.4, 0.5) is 0 Å². The van der Waals surface area contributed by atoms with E-state index in [1.807, 2.05) is 0 Å². The standard InChI is InChI=1S/C10H12BrNO4/c1-6(13)12-8(10(14)15-2)5-7-3-4-9(11)16-7/h3-4,8H,5H2,1-2H3,(H,12,13)/t8-/m1/s1. The molecule has 0 spiro atoms. The first-order valence-electron chi connectivity index (χ1n) is 4.62. The molecule has 0 saturated carbocycles. The molecule has 1 amide bonds. The fourth-order valence-electron chi connectivity index (χ4n) is 1.24. The summed E-state index contributed by atoms with van der Waals surface area (Å²) >= 11 is 3.16. The first-order valence-corrected chi connectivity index (χ1v) is 5.41. The molecule has 1 N–H and O–H groups in total. The van der Waals surface area contributed by atoms with Crippen molar-refractivity contribution < 1.29 is 18.7 Å². The van der Waals surface area contributed by atoms with Crippen LogP contribution in [-0.2, 0) is 20.7 Å². The van der Waals surface area contributed by atoms with E-state index >= 15 is 0 Å². The molecule has 0 aliphatic rings. The number of furan rings is 1. The molecule has 0 radical (unpaired) electrons. The third-order valence-corrected chi connectivity index (χ3v) is 2.32. The van der Waals surface area contributed by atoms with E-state index in [1.54, 1.807) is 12.1 Å². The zero-order valence-corrected chi connectivity index (χ0v) is 10.5. The smallest absolute Gasteiger partial charge is 0.328 e. The second-order valence-electron chi connectivity index (χ2n) is 3.19. The molecule has 0 unspecified atom stereocenters. The molecule has 0 bridgehead atoms. The average Bonchev–Trinajstić information content (AvgIpc) is 2.61. The molecule has 16 heavy (non-hydrogen) atoms. The van der Waals surface area contributed by atoms with Crippen LogP contribution in [0.5, 0.6) is 0 Å². The van der Waals surface area contributed by atoms with Crippen LogP contribution in [-0.4, -0.2) is 25.0 Å². The maximum atomic E-state index is 11.4. The number of esters is 1. The Hall–Kier alpha value is -1.30. The van der Waals surface area contributed by atoms with Crippen LogP contribution in [0.15, 0.2) is 21.2 Å². The Labute approximate surface area is 101 Å². The number of amides is 1. The molecule has 0 aliphatic heterocycles. The van der Waals surface area contributed by atoms with Crippen LogP contribution >= 0.6 is 15.9 Å². The van der Waals surface area contributed by atoms with Gasteiger partial charge in [0.1, 0.15) is 11.8 Å². The first-order chi connectivity index (χ1) is 7.52. The summed E-state index contributed by atoms with van der Waals surface area (Å²) in [5.41, 5.74) is 0. The van der Waals surface area contributed by atoms with Gasteiger partial charge in [-0.1, -0.05) is 0 Å². The van der Waals surface area contributed by atoms with Crippen molar-refractivity contribution in [3.05, 3.63) is 22.6 Å². The Morgan fingerprint density at radius 1 is 1.56 bits per heavy atom. The van der Waals surface area contributed by atoms with Gasteiger partial charge in [0.05, 0.1) is 7.11 Å².